The van der Waals surface area contributed by atoms with Crippen LogP contribution in [0.25, 0.3) is 0 Å². The highest BCUT2D eigenvalue weighted by Gasteiger charge is 2.09. The quantitative estimate of drug-likeness (QED) is 0.832. The maximum absolute atomic E-state index is 11.9. The Morgan fingerprint density at radius 1 is 1.30 bits per heavy atom. The van der Waals surface area contributed by atoms with E-state index in [0.29, 0.717) is 25.3 Å². The number of thiophene rings is 1. The highest BCUT2D eigenvalue weighted by atomic mass is 32.1. The fraction of sp³-hybridized carbons (Fsp3) is 0.267. The molecule has 2 N–H and O–H groups in total. The second kappa shape index (κ2) is 6.96. The van der Waals surface area contributed by atoms with Crippen molar-refractivity contribution in [3.63, 3.8) is 0 Å². The van der Waals surface area contributed by atoms with Crippen LogP contribution < -0.4 is 10.5 Å². The molecule has 1 aromatic heterocycles. The first-order valence-corrected chi connectivity index (χ1v) is 7.33. The largest absolute Gasteiger partial charge is 0.493 e. The van der Waals surface area contributed by atoms with Crippen LogP contribution in [0.2, 0.25) is 0 Å². The average molecular weight is 290 g/mol. The van der Waals surface area contributed by atoms with Gasteiger partial charge in [0.1, 0.15) is 5.75 Å². The molecule has 4 nitrogen and oxygen atoms in total. The van der Waals surface area contributed by atoms with E-state index in [4.69, 9.17) is 10.5 Å². The summed E-state index contributed by atoms with van der Waals surface area (Å²) in [6.07, 6.45) is 0.366. The number of rotatable bonds is 6. The molecule has 0 aliphatic heterocycles. The van der Waals surface area contributed by atoms with Crippen molar-refractivity contribution in [2.45, 2.75) is 13.0 Å². The number of benzene rings is 1. The molecule has 0 saturated carbocycles. The van der Waals surface area contributed by atoms with E-state index in [1.54, 1.807) is 40.5 Å². The third-order valence-electron chi connectivity index (χ3n) is 2.89. The molecule has 0 aliphatic rings. The molecule has 2 rings (SSSR count). The van der Waals surface area contributed by atoms with Crippen LogP contribution in [0.3, 0.4) is 0 Å². The lowest BCUT2D eigenvalue weighted by Gasteiger charge is -2.16. The van der Waals surface area contributed by atoms with Gasteiger partial charge in [-0.05, 0) is 46.7 Å². The Morgan fingerprint density at radius 3 is 2.70 bits per heavy atom. The van der Waals surface area contributed by atoms with Crippen LogP contribution in [-0.4, -0.2) is 24.5 Å². The summed E-state index contributed by atoms with van der Waals surface area (Å²) in [5.41, 5.74) is 7.45. The van der Waals surface area contributed by atoms with E-state index in [9.17, 15) is 4.79 Å². The third-order valence-corrected chi connectivity index (χ3v) is 3.62. The van der Waals surface area contributed by atoms with Gasteiger partial charge in [-0.2, -0.15) is 11.3 Å². The van der Waals surface area contributed by atoms with Crippen LogP contribution in [0.4, 0.5) is 5.69 Å². The van der Waals surface area contributed by atoms with Gasteiger partial charge in [0.05, 0.1) is 13.0 Å². The summed E-state index contributed by atoms with van der Waals surface area (Å²) >= 11 is 1.64. The first-order chi connectivity index (χ1) is 9.65. The summed E-state index contributed by atoms with van der Waals surface area (Å²) in [7, 11) is 1.81. The zero-order chi connectivity index (χ0) is 14.4. The van der Waals surface area contributed by atoms with Gasteiger partial charge in [-0.15, -0.1) is 0 Å². The molecule has 0 atom stereocenters. The minimum Gasteiger partial charge on any atom is -0.493 e. The molecule has 1 aromatic carbocycles. The molecule has 0 bridgehead atoms. The summed E-state index contributed by atoms with van der Waals surface area (Å²) in [5, 5.41) is 4.06. The summed E-state index contributed by atoms with van der Waals surface area (Å²) < 4.78 is 5.52. The predicted octanol–water partition coefficient (Wildman–Crippen LogP) is 2.76. The zero-order valence-corrected chi connectivity index (χ0v) is 12.2. The van der Waals surface area contributed by atoms with Crippen LogP contribution in [0.5, 0.6) is 5.75 Å². The van der Waals surface area contributed by atoms with Gasteiger partial charge in [0.15, 0.2) is 0 Å². The van der Waals surface area contributed by atoms with Gasteiger partial charge in [0.2, 0.25) is 5.91 Å². The Morgan fingerprint density at radius 2 is 2.05 bits per heavy atom. The summed E-state index contributed by atoms with van der Waals surface area (Å²) in [6, 6.07) is 9.18. The zero-order valence-electron chi connectivity index (χ0n) is 11.4. The fourth-order valence-corrected chi connectivity index (χ4v) is 2.42. The molecule has 1 amide bonds. The SMILES string of the molecule is CN(Cc1ccsc1)C(=O)CCOc1ccc(N)cc1. The molecule has 0 saturated heterocycles. The van der Waals surface area contributed by atoms with Gasteiger partial charge in [-0.1, -0.05) is 0 Å². The molecule has 0 spiro atoms. The van der Waals surface area contributed by atoms with Gasteiger partial charge in [-0.25, -0.2) is 0 Å². The van der Waals surface area contributed by atoms with Crippen molar-refractivity contribution < 1.29 is 9.53 Å². The Kier molecular flexibility index (Phi) is 5.01. The number of hydrogen-bond acceptors (Lipinski definition) is 4. The van der Waals surface area contributed by atoms with E-state index < -0.39 is 0 Å². The summed E-state index contributed by atoms with van der Waals surface area (Å²) in [5.74, 6) is 0.805. The topological polar surface area (TPSA) is 55.6 Å². The van der Waals surface area contributed by atoms with Gasteiger partial charge < -0.3 is 15.4 Å². The van der Waals surface area contributed by atoms with Crippen molar-refractivity contribution in [3.8, 4) is 5.75 Å². The molecular formula is C15H18N2O2S. The molecule has 2 aromatic rings. The number of anilines is 1. The second-order valence-electron chi connectivity index (χ2n) is 4.55. The lowest BCUT2D eigenvalue weighted by Crippen LogP contribution is -2.27. The molecule has 5 heteroatoms. The summed E-state index contributed by atoms with van der Waals surface area (Å²) in [6.45, 7) is 1.01. The van der Waals surface area contributed by atoms with Crippen LogP contribution >= 0.6 is 11.3 Å². The van der Waals surface area contributed by atoms with Crippen molar-refractivity contribution >= 4 is 22.9 Å². The predicted molar refractivity (Wildman–Crippen MR) is 81.8 cm³/mol. The fourth-order valence-electron chi connectivity index (χ4n) is 1.76. The first kappa shape index (κ1) is 14.4. The Balaban J connectivity index is 1.73. The van der Waals surface area contributed by atoms with Crippen molar-refractivity contribution in [2.75, 3.05) is 19.4 Å². The average Bonchev–Trinajstić information content (AvgIpc) is 2.93. The number of nitrogens with zero attached hydrogens (tertiary/aromatic N) is 1. The number of carbonyl (C=O) groups excluding carboxylic acids is 1. The molecule has 20 heavy (non-hydrogen) atoms. The number of nitrogens with two attached hydrogens (primary N) is 1. The molecule has 0 fully saturated rings. The van der Waals surface area contributed by atoms with Gasteiger partial charge in [-0.3, -0.25) is 4.79 Å². The molecule has 0 aliphatic carbocycles. The van der Waals surface area contributed by atoms with E-state index in [-0.39, 0.29) is 5.91 Å². The van der Waals surface area contributed by atoms with Crippen molar-refractivity contribution in [1.82, 2.24) is 4.90 Å². The van der Waals surface area contributed by atoms with Crippen LogP contribution in [0, 0.1) is 0 Å². The lowest BCUT2D eigenvalue weighted by molar-refractivity contribution is -0.130. The molecule has 1 heterocycles. The van der Waals surface area contributed by atoms with Crippen LogP contribution in [0.15, 0.2) is 41.1 Å². The smallest absolute Gasteiger partial charge is 0.226 e. The van der Waals surface area contributed by atoms with E-state index in [1.807, 2.05) is 18.5 Å². The standard InChI is InChI=1S/C15H18N2O2S/c1-17(10-12-7-9-20-11-12)15(18)6-8-19-14-4-2-13(16)3-5-14/h2-5,7,9,11H,6,8,10,16H2,1H3. The van der Waals surface area contributed by atoms with Crippen molar-refractivity contribution in [2.24, 2.45) is 0 Å². The normalized spacial score (nSPS) is 10.2. The molecule has 106 valence electrons. The Bertz CT molecular complexity index is 538. The number of ether oxygens (including phenoxy) is 1. The van der Waals surface area contributed by atoms with E-state index in [1.165, 1.54) is 0 Å². The number of hydrogen-bond donors (Lipinski definition) is 1. The maximum atomic E-state index is 11.9. The van der Waals surface area contributed by atoms with Crippen molar-refractivity contribution in [3.05, 3.63) is 46.7 Å². The second-order valence-corrected chi connectivity index (χ2v) is 5.33. The number of nitrogen functional groups attached to an aromatic ring is 1. The third kappa shape index (κ3) is 4.28. The van der Waals surface area contributed by atoms with Crippen LogP contribution in [-0.2, 0) is 11.3 Å². The summed E-state index contributed by atoms with van der Waals surface area (Å²) in [4.78, 5) is 13.7. The van der Waals surface area contributed by atoms with E-state index in [0.717, 1.165) is 11.3 Å². The number of amides is 1. The van der Waals surface area contributed by atoms with Gasteiger partial charge >= 0.3 is 0 Å². The lowest BCUT2D eigenvalue weighted by atomic mass is 10.3. The Hall–Kier alpha value is -2.01. The van der Waals surface area contributed by atoms with Crippen molar-refractivity contribution in [1.29, 1.82) is 0 Å². The minimum atomic E-state index is 0.0756. The van der Waals surface area contributed by atoms with Gasteiger partial charge in [0, 0.05) is 19.3 Å². The molecular weight excluding hydrogens is 272 g/mol. The monoisotopic (exact) mass is 290 g/mol. The molecule has 0 radical (unpaired) electrons. The number of carbonyl (C=O) groups is 1. The van der Waals surface area contributed by atoms with Gasteiger partial charge in [0.25, 0.3) is 0 Å². The van der Waals surface area contributed by atoms with Crippen LogP contribution in [0.1, 0.15) is 12.0 Å². The molecule has 0 unspecified atom stereocenters. The Labute approximate surface area is 122 Å². The maximum Gasteiger partial charge on any atom is 0.226 e. The first-order valence-electron chi connectivity index (χ1n) is 6.38. The minimum absolute atomic E-state index is 0.0756. The highest BCUT2D eigenvalue weighted by molar-refractivity contribution is 7.07. The van der Waals surface area contributed by atoms with E-state index >= 15 is 0 Å². The van der Waals surface area contributed by atoms with E-state index in [2.05, 4.69) is 5.38 Å². The highest BCUT2D eigenvalue weighted by Crippen LogP contribution is 2.13.